The number of amides is 1. The summed E-state index contributed by atoms with van der Waals surface area (Å²) in [7, 11) is 0. The molecule has 0 radical (unpaired) electrons. The van der Waals surface area contributed by atoms with Crippen LogP contribution >= 0.6 is 11.8 Å². The van der Waals surface area contributed by atoms with Gasteiger partial charge in [0.2, 0.25) is 5.91 Å². The van der Waals surface area contributed by atoms with Gasteiger partial charge >= 0.3 is 0 Å². The lowest BCUT2D eigenvalue weighted by molar-refractivity contribution is -0.120. The lowest BCUT2D eigenvalue weighted by Crippen LogP contribution is -2.17. The predicted octanol–water partition coefficient (Wildman–Crippen LogP) is 5.04. The second-order valence-electron chi connectivity index (χ2n) is 6.70. The molecule has 0 aliphatic heterocycles. The minimum absolute atomic E-state index is 0.0768. The van der Waals surface area contributed by atoms with Crippen LogP contribution in [0.5, 0.6) is 0 Å². The zero-order chi connectivity index (χ0) is 19.9. The third kappa shape index (κ3) is 5.14. The Kier molecular flexibility index (Phi) is 6.71. The molecule has 0 spiro atoms. The van der Waals surface area contributed by atoms with E-state index < -0.39 is 0 Å². The largest absolute Gasteiger partial charge is 0.318 e. The summed E-state index contributed by atoms with van der Waals surface area (Å²) >= 11 is 1.67. The average molecular weight is 392 g/mol. The Balaban J connectivity index is 1.56. The molecule has 5 heteroatoms. The van der Waals surface area contributed by atoms with Crippen LogP contribution in [0.25, 0.3) is 5.69 Å². The molecule has 4 nitrogen and oxygen atoms in total. The van der Waals surface area contributed by atoms with Gasteiger partial charge in [-0.05, 0) is 51.1 Å². The normalized spacial score (nSPS) is 11.1. The Morgan fingerprint density at radius 2 is 1.79 bits per heavy atom. The number of thioether (sulfide) groups is 1. The van der Waals surface area contributed by atoms with Crippen molar-refractivity contribution in [2.24, 2.45) is 5.10 Å². The van der Waals surface area contributed by atoms with Gasteiger partial charge in [-0.25, -0.2) is 5.43 Å². The first kappa shape index (κ1) is 20.0. The van der Waals surface area contributed by atoms with E-state index in [0.29, 0.717) is 6.42 Å². The molecule has 144 valence electrons. The van der Waals surface area contributed by atoms with Crippen molar-refractivity contribution in [2.45, 2.75) is 32.1 Å². The summed E-state index contributed by atoms with van der Waals surface area (Å²) in [5, 5.41) is 4.14. The van der Waals surface area contributed by atoms with Crippen molar-refractivity contribution in [3.63, 3.8) is 0 Å². The summed E-state index contributed by atoms with van der Waals surface area (Å²) in [6, 6.07) is 20.6. The van der Waals surface area contributed by atoms with Crippen molar-refractivity contribution in [1.29, 1.82) is 0 Å². The van der Waals surface area contributed by atoms with E-state index in [1.807, 2.05) is 30.3 Å². The standard InChI is InChI=1S/C23H25N3OS/c1-17-9-11-21(12-10-17)26-18(2)15-20(19(26)3)16-24-25-23(27)13-14-28-22-7-5-4-6-8-22/h4-12,15-16H,13-14H2,1-3H3,(H,25,27)/b24-16+. The topological polar surface area (TPSA) is 46.4 Å². The maximum Gasteiger partial charge on any atom is 0.240 e. The molecule has 3 rings (SSSR count). The Hall–Kier alpha value is -2.79. The van der Waals surface area contributed by atoms with Crippen molar-refractivity contribution in [3.8, 4) is 5.69 Å². The molecule has 1 N–H and O–H groups in total. The molecule has 0 fully saturated rings. The van der Waals surface area contributed by atoms with Crippen molar-refractivity contribution < 1.29 is 4.79 Å². The molecule has 0 bridgehead atoms. The molecule has 0 saturated carbocycles. The first-order valence-electron chi connectivity index (χ1n) is 9.30. The van der Waals surface area contributed by atoms with Crippen molar-refractivity contribution in [3.05, 3.63) is 83.2 Å². The minimum Gasteiger partial charge on any atom is -0.318 e. The Morgan fingerprint density at radius 3 is 2.50 bits per heavy atom. The van der Waals surface area contributed by atoms with Gasteiger partial charge < -0.3 is 4.57 Å². The van der Waals surface area contributed by atoms with E-state index in [4.69, 9.17) is 0 Å². The van der Waals surface area contributed by atoms with Crippen LogP contribution in [0, 0.1) is 20.8 Å². The minimum atomic E-state index is -0.0768. The number of carbonyl (C=O) groups excluding carboxylic acids is 1. The Morgan fingerprint density at radius 1 is 1.07 bits per heavy atom. The molecular formula is C23H25N3OS. The Labute approximate surface area is 170 Å². The number of hydrogen-bond donors (Lipinski definition) is 1. The summed E-state index contributed by atoms with van der Waals surface area (Å²) in [6.45, 7) is 6.22. The van der Waals surface area contributed by atoms with E-state index in [1.165, 1.54) is 10.5 Å². The van der Waals surface area contributed by atoms with Gasteiger partial charge in [0.05, 0.1) is 6.21 Å². The van der Waals surface area contributed by atoms with Crippen LogP contribution in [0.1, 0.15) is 28.9 Å². The number of aromatic nitrogens is 1. The summed E-state index contributed by atoms with van der Waals surface area (Å²) in [6.07, 6.45) is 2.15. The number of rotatable bonds is 7. The number of nitrogens with zero attached hydrogens (tertiary/aromatic N) is 2. The molecule has 0 aliphatic rings. The summed E-state index contributed by atoms with van der Waals surface area (Å²) < 4.78 is 2.19. The van der Waals surface area contributed by atoms with E-state index in [0.717, 1.165) is 28.4 Å². The molecule has 0 unspecified atom stereocenters. The van der Waals surface area contributed by atoms with Gasteiger partial charge in [-0.2, -0.15) is 5.10 Å². The quantitative estimate of drug-likeness (QED) is 0.349. The van der Waals surface area contributed by atoms with Crippen LogP contribution in [-0.4, -0.2) is 22.4 Å². The molecule has 1 amide bonds. The highest BCUT2D eigenvalue weighted by molar-refractivity contribution is 7.99. The second-order valence-corrected chi connectivity index (χ2v) is 7.87. The lowest BCUT2D eigenvalue weighted by Gasteiger charge is -2.09. The fourth-order valence-electron chi connectivity index (χ4n) is 3.02. The first-order chi connectivity index (χ1) is 13.5. The lowest BCUT2D eigenvalue weighted by atomic mass is 10.2. The van der Waals surface area contributed by atoms with Crippen molar-refractivity contribution in [2.75, 3.05) is 5.75 Å². The molecule has 0 aliphatic carbocycles. The number of aryl methyl sites for hydroxylation is 2. The van der Waals surface area contributed by atoms with Gasteiger partial charge in [-0.1, -0.05) is 35.9 Å². The number of carbonyl (C=O) groups is 1. The summed E-state index contributed by atoms with van der Waals surface area (Å²) in [4.78, 5) is 13.2. The third-order valence-corrected chi connectivity index (χ3v) is 5.51. The number of hydrazone groups is 1. The molecular weight excluding hydrogens is 366 g/mol. The number of nitrogens with one attached hydrogen (secondary N) is 1. The van der Waals surface area contributed by atoms with Crippen LogP contribution in [0.15, 0.2) is 70.7 Å². The second kappa shape index (κ2) is 9.42. The molecule has 2 aromatic carbocycles. The van der Waals surface area contributed by atoms with E-state index >= 15 is 0 Å². The summed E-state index contributed by atoms with van der Waals surface area (Å²) in [5.41, 5.74) is 8.22. The maximum absolute atomic E-state index is 12.0. The van der Waals surface area contributed by atoms with Crippen LogP contribution in [0.3, 0.4) is 0 Å². The maximum atomic E-state index is 12.0. The monoisotopic (exact) mass is 391 g/mol. The zero-order valence-corrected chi connectivity index (χ0v) is 17.3. The van der Waals surface area contributed by atoms with E-state index in [1.54, 1.807) is 18.0 Å². The average Bonchev–Trinajstić information content (AvgIpc) is 2.97. The zero-order valence-electron chi connectivity index (χ0n) is 16.5. The molecule has 0 saturated heterocycles. The van der Waals surface area contributed by atoms with Crippen LogP contribution in [0.4, 0.5) is 0 Å². The molecule has 1 heterocycles. The van der Waals surface area contributed by atoms with Gasteiger partial charge in [-0.15, -0.1) is 11.8 Å². The van der Waals surface area contributed by atoms with Gasteiger partial charge in [0, 0.05) is 39.7 Å². The van der Waals surface area contributed by atoms with E-state index in [-0.39, 0.29) is 5.91 Å². The van der Waals surface area contributed by atoms with Crippen LogP contribution in [-0.2, 0) is 4.79 Å². The molecule has 3 aromatic rings. The molecule has 28 heavy (non-hydrogen) atoms. The summed E-state index contributed by atoms with van der Waals surface area (Å²) in [5.74, 6) is 0.653. The van der Waals surface area contributed by atoms with Crippen LogP contribution in [0.2, 0.25) is 0 Å². The first-order valence-corrected chi connectivity index (χ1v) is 10.3. The van der Waals surface area contributed by atoms with Gasteiger partial charge in [-0.3, -0.25) is 4.79 Å². The highest BCUT2D eigenvalue weighted by Crippen LogP contribution is 2.20. The van der Waals surface area contributed by atoms with Gasteiger partial charge in [0.1, 0.15) is 0 Å². The number of benzene rings is 2. The number of hydrogen-bond acceptors (Lipinski definition) is 3. The Bertz CT molecular complexity index is 960. The van der Waals surface area contributed by atoms with Crippen molar-refractivity contribution in [1.82, 2.24) is 9.99 Å². The molecule has 1 aromatic heterocycles. The molecule has 0 atom stereocenters. The van der Waals surface area contributed by atoms with Crippen LogP contribution < -0.4 is 5.43 Å². The fourth-order valence-corrected chi connectivity index (χ4v) is 3.89. The highest BCUT2D eigenvalue weighted by atomic mass is 32.2. The third-order valence-electron chi connectivity index (χ3n) is 4.50. The fraction of sp³-hybridized carbons (Fsp3) is 0.217. The van der Waals surface area contributed by atoms with E-state index in [2.05, 4.69) is 66.2 Å². The van der Waals surface area contributed by atoms with Gasteiger partial charge in [0.25, 0.3) is 0 Å². The van der Waals surface area contributed by atoms with E-state index in [9.17, 15) is 4.79 Å². The highest BCUT2D eigenvalue weighted by Gasteiger charge is 2.09. The van der Waals surface area contributed by atoms with Gasteiger partial charge in [0.15, 0.2) is 0 Å². The van der Waals surface area contributed by atoms with Crippen molar-refractivity contribution >= 4 is 23.9 Å². The smallest absolute Gasteiger partial charge is 0.240 e. The predicted molar refractivity (Wildman–Crippen MR) is 117 cm³/mol. The SMILES string of the molecule is Cc1ccc(-n2c(C)cc(/C=N/NC(=O)CCSc3ccccc3)c2C)cc1.